The fourth-order valence-corrected chi connectivity index (χ4v) is 1.30. The van der Waals surface area contributed by atoms with E-state index in [0.29, 0.717) is 17.2 Å². The van der Waals surface area contributed by atoms with Crippen LogP contribution in [0.2, 0.25) is 5.02 Å². The van der Waals surface area contributed by atoms with Gasteiger partial charge in [0.05, 0.1) is 19.3 Å². The summed E-state index contributed by atoms with van der Waals surface area (Å²) in [5.74, 6) is -0.393. The van der Waals surface area contributed by atoms with Crippen LogP contribution in [0.15, 0.2) is 18.2 Å². The van der Waals surface area contributed by atoms with Crippen molar-refractivity contribution in [3.63, 3.8) is 0 Å². The first-order valence-electron chi connectivity index (χ1n) is 4.04. The van der Waals surface area contributed by atoms with Crippen LogP contribution in [0.25, 0.3) is 0 Å². The molecule has 0 saturated carbocycles. The second kappa shape index (κ2) is 4.98. The zero-order chi connectivity index (χ0) is 10.6. The van der Waals surface area contributed by atoms with Gasteiger partial charge in [-0.15, -0.1) is 0 Å². The summed E-state index contributed by atoms with van der Waals surface area (Å²) in [6.07, 6.45) is 0. The van der Waals surface area contributed by atoms with E-state index in [9.17, 15) is 4.79 Å². The van der Waals surface area contributed by atoms with Gasteiger partial charge in [-0.1, -0.05) is 17.7 Å². The van der Waals surface area contributed by atoms with Gasteiger partial charge in [-0.3, -0.25) is 0 Å². The van der Waals surface area contributed by atoms with Gasteiger partial charge in [0, 0.05) is 12.1 Å². The predicted molar refractivity (Wildman–Crippen MR) is 53.5 cm³/mol. The van der Waals surface area contributed by atoms with E-state index < -0.39 is 5.97 Å². The minimum absolute atomic E-state index is 0.393. The van der Waals surface area contributed by atoms with Gasteiger partial charge in [-0.25, -0.2) is 4.79 Å². The second-order valence-electron chi connectivity index (χ2n) is 2.73. The van der Waals surface area contributed by atoms with Gasteiger partial charge in [-0.2, -0.15) is 0 Å². The zero-order valence-corrected chi connectivity index (χ0v) is 8.80. The van der Waals surface area contributed by atoms with Crippen LogP contribution in [0.5, 0.6) is 0 Å². The molecular formula is C10H11ClO3. The van der Waals surface area contributed by atoms with Crippen LogP contribution in [0.1, 0.15) is 15.9 Å². The van der Waals surface area contributed by atoms with Gasteiger partial charge in [0.25, 0.3) is 0 Å². The molecule has 0 amide bonds. The molecule has 0 radical (unpaired) electrons. The number of halogens is 1. The van der Waals surface area contributed by atoms with Gasteiger partial charge in [0.1, 0.15) is 0 Å². The Bertz CT molecular complexity index is 336. The molecule has 0 heterocycles. The van der Waals surface area contributed by atoms with E-state index in [1.54, 1.807) is 25.3 Å². The SMILES string of the molecule is COCc1ccc(C(=O)OC)cc1Cl. The van der Waals surface area contributed by atoms with Gasteiger partial charge < -0.3 is 9.47 Å². The molecule has 0 atom stereocenters. The molecule has 76 valence electrons. The van der Waals surface area contributed by atoms with Crippen LogP contribution in [0, 0.1) is 0 Å². The highest BCUT2D eigenvalue weighted by molar-refractivity contribution is 6.31. The summed E-state index contributed by atoms with van der Waals surface area (Å²) in [4.78, 5) is 11.1. The quantitative estimate of drug-likeness (QED) is 0.725. The van der Waals surface area contributed by atoms with E-state index in [0.717, 1.165) is 5.56 Å². The maximum Gasteiger partial charge on any atom is 0.337 e. The lowest BCUT2D eigenvalue weighted by Gasteiger charge is -2.04. The molecule has 1 aromatic carbocycles. The Hall–Kier alpha value is -1.06. The topological polar surface area (TPSA) is 35.5 Å². The lowest BCUT2D eigenvalue weighted by atomic mass is 10.1. The van der Waals surface area contributed by atoms with E-state index in [4.69, 9.17) is 16.3 Å². The molecule has 4 heteroatoms. The summed E-state index contributed by atoms with van der Waals surface area (Å²) in [5, 5.41) is 0.509. The number of benzene rings is 1. The van der Waals surface area contributed by atoms with Gasteiger partial charge >= 0.3 is 5.97 Å². The van der Waals surface area contributed by atoms with Crippen molar-refractivity contribution in [1.29, 1.82) is 0 Å². The van der Waals surface area contributed by atoms with E-state index in [2.05, 4.69) is 4.74 Å². The fourth-order valence-electron chi connectivity index (χ4n) is 1.06. The molecule has 0 bridgehead atoms. The molecule has 0 aliphatic carbocycles. The Balaban J connectivity index is 2.94. The summed E-state index contributed by atoms with van der Waals surface area (Å²) in [5.41, 5.74) is 1.29. The zero-order valence-electron chi connectivity index (χ0n) is 8.04. The lowest BCUT2D eigenvalue weighted by Crippen LogP contribution is -2.01. The van der Waals surface area contributed by atoms with Crippen LogP contribution in [0.4, 0.5) is 0 Å². The van der Waals surface area contributed by atoms with Crippen LogP contribution in [-0.4, -0.2) is 20.2 Å². The van der Waals surface area contributed by atoms with E-state index >= 15 is 0 Å². The first-order valence-corrected chi connectivity index (χ1v) is 4.42. The summed E-state index contributed by atoms with van der Waals surface area (Å²) >= 11 is 5.92. The molecule has 0 saturated heterocycles. The average molecular weight is 215 g/mol. The molecule has 0 aliphatic heterocycles. The maximum atomic E-state index is 11.1. The Kier molecular flexibility index (Phi) is 3.92. The minimum Gasteiger partial charge on any atom is -0.465 e. The Labute approximate surface area is 87.6 Å². The number of carbonyl (C=O) groups is 1. The van der Waals surface area contributed by atoms with Crippen molar-refractivity contribution in [2.45, 2.75) is 6.61 Å². The first kappa shape index (κ1) is 11.0. The molecule has 0 N–H and O–H groups in total. The van der Waals surface area contributed by atoms with Crippen LogP contribution in [0.3, 0.4) is 0 Å². The first-order chi connectivity index (χ1) is 6.69. The van der Waals surface area contributed by atoms with Crippen molar-refractivity contribution >= 4 is 17.6 Å². The van der Waals surface area contributed by atoms with E-state index in [1.165, 1.54) is 7.11 Å². The Morgan fingerprint density at radius 3 is 2.64 bits per heavy atom. The van der Waals surface area contributed by atoms with Crippen LogP contribution < -0.4 is 0 Å². The summed E-state index contributed by atoms with van der Waals surface area (Å²) < 4.78 is 9.50. The number of hydrogen-bond acceptors (Lipinski definition) is 3. The number of carbonyl (C=O) groups excluding carboxylic acids is 1. The van der Waals surface area contributed by atoms with E-state index in [1.807, 2.05) is 0 Å². The van der Waals surface area contributed by atoms with Crippen molar-refractivity contribution in [3.8, 4) is 0 Å². The third-order valence-corrected chi connectivity index (χ3v) is 2.13. The molecule has 14 heavy (non-hydrogen) atoms. The van der Waals surface area contributed by atoms with Crippen molar-refractivity contribution in [3.05, 3.63) is 34.3 Å². The van der Waals surface area contributed by atoms with Crippen molar-refractivity contribution in [1.82, 2.24) is 0 Å². The third kappa shape index (κ3) is 2.47. The third-order valence-electron chi connectivity index (χ3n) is 1.77. The molecular weight excluding hydrogens is 204 g/mol. The average Bonchev–Trinajstić information content (AvgIpc) is 2.20. The molecule has 3 nitrogen and oxygen atoms in total. The number of ether oxygens (including phenoxy) is 2. The highest BCUT2D eigenvalue weighted by Crippen LogP contribution is 2.19. The standard InChI is InChI=1S/C10H11ClO3/c1-13-6-8-4-3-7(5-9(8)11)10(12)14-2/h3-5H,6H2,1-2H3. The highest BCUT2D eigenvalue weighted by Gasteiger charge is 2.07. The lowest BCUT2D eigenvalue weighted by molar-refractivity contribution is 0.0600. The maximum absolute atomic E-state index is 11.1. The highest BCUT2D eigenvalue weighted by atomic mass is 35.5. The van der Waals surface area contributed by atoms with Crippen molar-refractivity contribution < 1.29 is 14.3 Å². The molecule has 1 aromatic rings. The van der Waals surface area contributed by atoms with Gasteiger partial charge in [0.15, 0.2) is 0 Å². The Morgan fingerprint density at radius 2 is 2.14 bits per heavy atom. The van der Waals surface area contributed by atoms with Crippen molar-refractivity contribution in [2.75, 3.05) is 14.2 Å². The van der Waals surface area contributed by atoms with Crippen molar-refractivity contribution in [2.24, 2.45) is 0 Å². The fraction of sp³-hybridized carbons (Fsp3) is 0.300. The largest absolute Gasteiger partial charge is 0.465 e. The minimum atomic E-state index is -0.393. The smallest absolute Gasteiger partial charge is 0.337 e. The molecule has 1 rings (SSSR count). The number of methoxy groups -OCH3 is 2. The summed E-state index contributed by atoms with van der Waals surface area (Å²) in [7, 11) is 2.92. The summed E-state index contributed by atoms with van der Waals surface area (Å²) in [6.45, 7) is 0.431. The van der Waals surface area contributed by atoms with Crippen LogP contribution >= 0.6 is 11.6 Å². The molecule has 0 fully saturated rings. The monoisotopic (exact) mass is 214 g/mol. The van der Waals surface area contributed by atoms with Gasteiger partial charge in [0.2, 0.25) is 0 Å². The van der Waals surface area contributed by atoms with E-state index in [-0.39, 0.29) is 0 Å². The van der Waals surface area contributed by atoms with Gasteiger partial charge in [-0.05, 0) is 17.7 Å². The molecule has 0 aromatic heterocycles. The normalized spacial score (nSPS) is 9.93. The predicted octanol–water partition coefficient (Wildman–Crippen LogP) is 2.27. The molecule has 0 aliphatic rings. The number of esters is 1. The number of hydrogen-bond donors (Lipinski definition) is 0. The second-order valence-corrected chi connectivity index (χ2v) is 3.14. The molecule has 0 unspecified atom stereocenters. The molecule has 0 spiro atoms. The summed E-state index contributed by atoms with van der Waals surface area (Å²) in [6, 6.07) is 4.98. The van der Waals surface area contributed by atoms with Crippen LogP contribution in [-0.2, 0) is 16.1 Å². The Morgan fingerprint density at radius 1 is 1.43 bits per heavy atom. The number of rotatable bonds is 3.